The third-order valence-corrected chi connectivity index (χ3v) is 12.0. The molecule has 0 saturated carbocycles. The topological polar surface area (TPSA) is 8.17 Å². The molecule has 0 atom stereocenters. The molecule has 0 bridgehead atoms. The predicted molar refractivity (Wildman–Crippen MR) is 252 cm³/mol. The van der Waals surface area contributed by atoms with E-state index in [9.17, 15) is 0 Å². The molecule has 0 aliphatic heterocycles. The summed E-state index contributed by atoms with van der Waals surface area (Å²) in [5.74, 6) is 0. The summed E-state index contributed by atoms with van der Waals surface area (Å²) >= 11 is 0. The maximum absolute atomic E-state index is 4.11. The summed E-state index contributed by atoms with van der Waals surface area (Å²) in [4.78, 5) is 2.29. The summed E-state index contributed by atoms with van der Waals surface area (Å²) in [6.07, 6.45) is 8.36. The first-order chi connectivity index (χ1) is 29.0. The maximum Gasteiger partial charge on any atom is 0.0541 e. The lowest BCUT2D eigenvalue weighted by atomic mass is 9.81. The molecule has 0 radical (unpaired) electrons. The van der Waals surface area contributed by atoms with Crippen LogP contribution in [0.5, 0.6) is 0 Å². The van der Waals surface area contributed by atoms with Crippen LogP contribution in [0.25, 0.3) is 66.4 Å². The molecule has 0 unspecified atom stereocenters. The Hall–Kier alpha value is -7.42. The molecule has 1 aromatic heterocycles. The lowest BCUT2D eigenvalue weighted by Crippen LogP contribution is -2.16. The van der Waals surface area contributed by atoms with Crippen molar-refractivity contribution >= 4 is 38.8 Å². The zero-order valence-electron chi connectivity index (χ0n) is 33.4. The Kier molecular flexibility index (Phi) is 9.03. The summed E-state index contributed by atoms with van der Waals surface area (Å²) < 4.78 is 2.38. The second-order valence-electron chi connectivity index (χ2n) is 15.9. The first-order valence-corrected chi connectivity index (χ1v) is 20.4. The third kappa shape index (κ3) is 6.40. The molecule has 0 N–H and O–H groups in total. The summed E-state index contributed by atoms with van der Waals surface area (Å²) in [5.41, 5.74) is 17.9. The second-order valence-corrected chi connectivity index (χ2v) is 15.9. The molecule has 1 aliphatic rings. The van der Waals surface area contributed by atoms with Gasteiger partial charge in [0.1, 0.15) is 0 Å². The van der Waals surface area contributed by atoms with Gasteiger partial charge in [-0.25, -0.2) is 0 Å². The van der Waals surface area contributed by atoms with Crippen molar-refractivity contribution in [2.75, 3.05) is 4.90 Å². The monoisotopic (exact) mass is 756 g/mol. The zero-order valence-corrected chi connectivity index (χ0v) is 33.4. The molecule has 2 nitrogen and oxygen atoms in total. The second kappa shape index (κ2) is 14.8. The Balaban J connectivity index is 1.03. The molecule has 0 amide bonds. The Morgan fingerprint density at radius 3 is 1.81 bits per heavy atom. The van der Waals surface area contributed by atoms with Crippen LogP contribution in [0.1, 0.15) is 30.5 Å². The molecule has 59 heavy (non-hydrogen) atoms. The predicted octanol–water partition coefficient (Wildman–Crippen LogP) is 15.3. The number of benzene rings is 8. The first kappa shape index (κ1) is 36.0. The van der Waals surface area contributed by atoms with Gasteiger partial charge >= 0.3 is 0 Å². The van der Waals surface area contributed by atoms with E-state index >= 15 is 0 Å². The average molecular weight is 757 g/mol. The van der Waals surface area contributed by atoms with Crippen LogP contribution < -0.4 is 4.90 Å². The van der Waals surface area contributed by atoms with Crippen molar-refractivity contribution in [1.82, 2.24) is 4.57 Å². The number of hydrogen-bond donors (Lipinski definition) is 0. The minimum atomic E-state index is -0.208. The van der Waals surface area contributed by atoms with Crippen LogP contribution in [0, 0.1) is 0 Å². The van der Waals surface area contributed by atoms with Crippen LogP contribution in [0.4, 0.5) is 11.4 Å². The molecule has 2 heteroatoms. The normalized spacial score (nSPS) is 13.2. The van der Waals surface area contributed by atoms with Crippen LogP contribution >= 0.6 is 0 Å². The molecule has 0 saturated heterocycles. The van der Waals surface area contributed by atoms with Gasteiger partial charge in [-0.15, -0.1) is 0 Å². The van der Waals surface area contributed by atoms with Gasteiger partial charge in [0.2, 0.25) is 0 Å². The molecule has 0 fully saturated rings. The fourth-order valence-electron chi connectivity index (χ4n) is 8.97. The molecule has 282 valence electrons. The van der Waals surface area contributed by atoms with Crippen LogP contribution in [-0.4, -0.2) is 4.57 Å². The van der Waals surface area contributed by atoms with Gasteiger partial charge in [-0.3, -0.25) is 0 Å². The van der Waals surface area contributed by atoms with Crippen molar-refractivity contribution in [3.05, 3.63) is 242 Å². The van der Waals surface area contributed by atoms with Gasteiger partial charge in [0, 0.05) is 39.4 Å². The van der Waals surface area contributed by atoms with Crippen molar-refractivity contribution < 1.29 is 0 Å². The van der Waals surface area contributed by atoms with E-state index in [1.165, 1.54) is 72.0 Å². The quantitative estimate of drug-likeness (QED) is 0.133. The number of para-hydroxylation sites is 2. The molecular weight excluding hydrogens is 713 g/mol. The molecule has 1 heterocycles. The van der Waals surface area contributed by atoms with E-state index in [0.717, 1.165) is 22.5 Å². The Labute approximate surface area is 347 Å². The van der Waals surface area contributed by atoms with Crippen molar-refractivity contribution in [2.24, 2.45) is 0 Å². The van der Waals surface area contributed by atoms with Gasteiger partial charge in [-0.1, -0.05) is 166 Å². The summed E-state index contributed by atoms with van der Waals surface area (Å²) in [7, 11) is 0. The molecule has 1 aliphatic carbocycles. The van der Waals surface area contributed by atoms with E-state index in [-0.39, 0.29) is 5.41 Å². The van der Waals surface area contributed by atoms with Gasteiger partial charge in [0.05, 0.1) is 11.0 Å². The minimum absolute atomic E-state index is 0.208. The minimum Gasteiger partial charge on any atom is -0.317 e. The SMILES string of the molecule is C=CC(=CC=CN(c1ccc(-c2ccccc2)cc1)c1ccc2c(c1)C(C)(C)c1cc(-c3ccc4c(c3)c3ccccc3n4-c3ccccc3)ccc1-2)c1ccccc1. The summed E-state index contributed by atoms with van der Waals surface area (Å²) in [6.45, 7) is 8.85. The Bertz CT molecular complexity index is 3060. The van der Waals surface area contributed by atoms with Crippen LogP contribution in [0.3, 0.4) is 0 Å². The largest absolute Gasteiger partial charge is 0.317 e. The summed E-state index contributed by atoms with van der Waals surface area (Å²) in [6, 6.07) is 70.2. The van der Waals surface area contributed by atoms with Gasteiger partial charge in [-0.2, -0.15) is 0 Å². The van der Waals surface area contributed by atoms with E-state index in [0.29, 0.717) is 0 Å². The number of anilines is 2. The van der Waals surface area contributed by atoms with Gasteiger partial charge in [-0.05, 0) is 122 Å². The maximum atomic E-state index is 4.11. The van der Waals surface area contributed by atoms with Crippen molar-refractivity contribution in [2.45, 2.75) is 19.3 Å². The smallest absolute Gasteiger partial charge is 0.0541 e. The van der Waals surface area contributed by atoms with E-state index in [4.69, 9.17) is 0 Å². The highest BCUT2D eigenvalue weighted by Crippen LogP contribution is 2.51. The zero-order chi connectivity index (χ0) is 39.9. The number of fused-ring (bicyclic) bond motifs is 6. The highest BCUT2D eigenvalue weighted by atomic mass is 15.1. The molecule has 10 rings (SSSR count). The van der Waals surface area contributed by atoms with Crippen molar-refractivity contribution in [1.29, 1.82) is 0 Å². The fourth-order valence-corrected chi connectivity index (χ4v) is 8.97. The molecule has 9 aromatic rings. The molecular formula is C57H44N2. The van der Waals surface area contributed by atoms with E-state index in [2.05, 4.69) is 236 Å². The molecule has 0 spiro atoms. The lowest BCUT2D eigenvalue weighted by Gasteiger charge is -2.26. The third-order valence-electron chi connectivity index (χ3n) is 12.0. The summed E-state index contributed by atoms with van der Waals surface area (Å²) in [5, 5.41) is 2.53. The fraction of sp³-hybridized carbons (Fsp3) is 0.0526. The van der Waals surface area contributed by atoms with E-state index in [1.54, 1.807) is 0 Å². The Morgan fingerprint density at radius 1 is 0.508 bits per heavy atom. The number of nitrogens with zero attached hydrogens (tertiary/aromatic N) is 2. The van der Waals surface area contributed by atoms with E-state index < -0.39 is 0 Å². The van der Waals surface area contributed by atoms with Crippen LogP contribution in [-0.2, 0) is 5.41 Å². The highest BCUT2D eigenvalue weighted by molar-refractivity contribution is 6.10. The number of hydrogen-bond acceptors (Lipinski definition) is 1. The number of allylic oxidation sites excluding steroid dienone is 4. The van der Waals surface area contributed by atoms with Gasteiger partial charge in [0.25, 0.3) is 0 Å². The molecule has 8 aromatic carbocycles. The highest BCUT2D eigenvalue weighted by Gasteiger charge is 2.36. The first-order valence-electron chi connectivity index (χ1n) is 20.4. The van der Waals surface area contributed by atoms with Gasteiger partial charge < -0.3 is 9.47 Å². The lowest BCUT2D eigenvalue weighted by molar-refractivity contribution is 0.660. The van der Waals surface area contributed by atoms with Crippen molar-refractivity contribution in [3.63, 3.8) is 0 Å². The average Bonchev–Trinajstić information content (AvgIpc) is 3.74. The van der Waals surface area contributed by atoms with Crippen LogP contribution in [0.2, 0.25) is 0 Å². The van der Waals surface area contributed by atoms with Gasteiger partial charge in [0.15, 0.2) is 0 Å². The van der Waals surface area contributed by atoms with Crippen LogP contribution in [0.15, 0.2) is 225 Å². The van der Waals surface area contributed by atoms with Crippen molar-refractivity contribution in [3.8, 4) is 39.1 Å². The standard InChI is InChI=1S/C57H44N2/c1-4-40(41-17-8-5-9-18-41)21-16-36-58(46-30-26-43(27-31-46)42-19-10-6-11-20-42)48-32-34-50-49-33-28-45(38-53(49)57(2,3)54(50)39-48)44-29-35-56-52(37-44)51-24-14-15-25-55(51)59(56)47-22-12-7-13-23-47/h4-39H,1H2,2-3H3. The Morgan fingerprint density at radius 2 is 1.07 bits per heavy atom. The number of rotatable bonds is 9. The van der Waals surface area contributed by atoms with E-state index in [1.807, 2.05) is 12.1 Å². The number of aromatic nitrogens is 1.